The number of ether oxygens (including phenoxy) is 1. The average molecular weight is 494 g/mol. The van der Waals surface area contributed by atoms with E-state index in [1.165, 1.54) is 36.4 Å². The smallest absolute Gasteiger partial charge is 0.340 e. The molecule has 0 bridgehead atoms. The van der Waals surface area contributed by atoms with Gasteiger partial charge in [0.2, 0.25) is 11.6 Å². The van der Waals surface area contributed by atoms with Gasteiger partial charge in [-0.25, -0.2) is 18.7 Å². The standard InChI is InChI=1S/C21H18F4N6O4/c1-10-5-14(29-30-18(10)34-8-21(24,25)20(22)23)11(2)31-7-13-12(19(31)33)3-4-27-16(13)28-17(32)15-6-26-9-35-15/h3-6,9,11,20H,7-8H2,1-2H3,(H,27,28,32). The first kappa shape index (κ1) is 24.0. The van der Waals surface area contributed by atoms with Crippen LogP contribution in [0, 0.1) is 6.92 Å². The first-order valence-corrected chi connectivity index (χ1v) is 10.2. The second-order valence-corrected chi connectivity index (χ2v) is 7.72. The molecule has 0 spiro atoms. The second kappa shape index (κ2) is 9.27. The van der Waals surface area contributed by atoms with Gasteiger partial charge in [0.15, 0.2) is 13.0 Å². The number of nitrogens with one attached hydrogen (secondary N) is 1. The normalized spacial score (nSPS) is 14.3. The van der Waals surface area contributed by atoms with Crippen molar-refractivity contribution in [2.75, 3.05) is 11.9 Å². The van der Waals surface area contributed by atoms with Crippen molar-refractivity contribution in [3.05, 3.63) is 59.1 Å². The summed E-state index contributed by atoms with van der Waals surface area (Å²) in [5.74, 6) is -5.43. The van der Waals surface area contributed by atoms with E-state index in [1.807, 2.05) is 0 Å². The number of nitrogens with zero attached hydrogens (tertiary/aromatic N) is 5. The zero-order chi connectivity index (χ0) is 25.3. The molecule has 14 heteroatoms. The molecule has 2 amide bonds. The number of oxazole rings is 1. The highest BCUT2D eigenvalue weighted by Gasteiger charge is 2.42. The van der Waals surface area contributed by atoms with Gasteiger partial charge in [0.05, 0.1) is 24.5 Å². The van der Waals surface area contributed by atoms with Crippen LogP contribution >= 0.6 is 0 Å². The van der Waals surface area contributed by atoms with Gasteiger partial charge in [0.25, 0.3) is 11.8 Å². The highest BCUT2D eigenvalue weighted by Crippen LogP contribution is 2.34. The van der Waals surface area contributed by atoms with Crippen LogP contribution in [-0.4, -0.2) is 55.8 Å². The number of hydrogen-bond donors (Lipinski definition) is 1. The number of anilines is 1. The van der Waals surface area contributed by atoms with Crippen LogP contribution in [0.4, 0.5) is 23.4 Å². The molecule has 1 unspecified atom stereocenters. The largest absolute Gasteiger partial charge is 0.470 e. The lowest BCUT2D eigenvalue weighted by molar-refractivity contribution is -0.148. The summed E-state index contributed by atoms with van der Waals surface area (Å²) in [7, 11) is 0. The minimum Gasteiger partial charge on any atom is -0.470 e. The Morgan fingerprint density at radius 3 is 2.77 bits per heavy atom. The molecule has 1 aliphatic rings. The topological polar surface area (TPSA) is 123 Å². The molecule has 0 fully saturated rings. The Kier molecular flexibility index (Phi) is 6.37. The van der Waals surface area contributed by atoms with Gasteiger partial charge in [-0.1, -0.05) is 0 Å². The number of halogens is 4. The first-order valence-electron chi connectivity index (χ1n) is 10.2. The lowest BCUT2D eigenvalue weighted by Gasteiger charge is -2.24. The van der Waals surface area contributed by atoms with Crippen molar-refractivity contribution in [2.45, 2.75) is 38.8 Å². The third-order valence-corrected chi connectivity index (χ3v) is 5.34. The third-order valence-electron chi connectivity index (χ3n) is 5.34. The third kappa shape index (κ3) is 4.76. The molecular weight excluding hydrogens is 476 g/mol. The molecule has 184 valence electrons. The summed E-state index contributed by atoms with van der Waals surface area (Å²) in [5.41, 5.74) is 1.41. The van der Waals surface area contributed by atoms with Crippen molar-refractivity contribution in [3.8, 4) is 5.88 Å². The summed E-state index contributed by atoms with van der Waals surface area (Å²) in [6.07, 6.45) is -0.153. The van der Waals surface area contributed by atoms with E-state index in [0.717, 1.165) is 6.39 Å². The fourth-order valence-electron chi connectivity index (χ4n) is 3.40. The van der Waals surface area contributed by atoms with Crippen molar-refractivity contribution in [1.82, 2.24) is 25.1 Å². The second-order valence-electron chi connectivity index (χ2n) is 7.72. The van der Waals surface area contributed by atoms with Gasteiger partial charge in [0, 0.05) is 22.9 Å². The number of fused-ring (bicyclic) bond motifs is 1. The number of aryl methyl sites for hydroxylation is 1. The van der Waals surface area contributed by atoms with E-state index in [2.05, 4.69) is 25.5 Å². The summed E-state index contributed by atoms with van der Waals surface area (Å²) in [4.78, 5) is 34.6. The monoisotopic (exact) mass is 494 g/mol. The minimum absolute atomic E-state index is 0.0293. The number of amides is 2. The summed E-state index contributed by atoms with van der Waals surface area (Å²) in [5, 5.41) is 10.2. The first-order chi connectivity index (χ1) is 16.6. The van der Waals surface area contributed by atoms with Crippen LogP contribution in [0.15, 0.2) is 35.3 Å². The highest BCUT2D eigenvalue weighted by molar-refractivity contribution is 6.05. The van der Waals surface area contributed by atoms with Gasteiger partial charge in [-0.15, -0.1) is 10.2 Å². The Hall–Kier alpha value is -4.10. The van der Waals surface area contributed by atoms with Gasteiger partial charge in [0.1, 0.15) is 5.82 Å². The molecular formula is C21H18F4N6O4. The Labute approximate surface area is 195 Å². The fourth-order valence-corrected chi connectivity index (χ4v) is 3.40. The maximum absolute atomic E-state index is 13.1. The number of carbonyl (C=O) groups is 2. The zero-order valence-corrected chi connectivity index (χ0v) is 18.3. The van der Waals surface area contributed by atoms with Crippen LogP contribution in [0.1, 0.15) is 50.7 Å². The number of rotatable bonds is 8. The molecule has 0 saturated heterocycles. The number of pyridine rings is 1. The minimum atomic E-state index is -4.33. The van der Waals surface area contributed by atoms with Gasteiger partial charge >= 0.3 is 12.3 Å². The molecule has 4 heterocycles. The number of alkyl halides is 4. The predicted octanol–water partition coefficient (Wildman–Crippen LogP) is 3.42. The maximum atomic E-state index is 13.1. The summed E-state index contributed by atoms with van der Waals surface area (Å²) >= 11 is 0. The lowest BCUT2D eigenvalue weighted by Crippen LogP contribution is -2.34. The van der Waals surface area contributed by atoms with E-state index >= 15 is 0 Å². The molecule has 0 aromatic carbocycles. The van der Waals surface area contributed by atoms with Crippen LogP contribution in [-0.2, 0) is 6.54 Å². The van der Waals surface area contributed by atoms with Crippen molar-refractivity contribution < 1.29 is 36.3 Å². The highest BCUT2D eigenvalue weighted by atomic mass is 19.3. The molecule has 1 atom stereocenters. The predicted molar refractivity (Wildman–Crippen MR) is 110 cm³/mol. The van der Waals surface area contributed by atoms with Crippen LogP contribution in [0.2, 0.25) is 0 Å². The Morgan fingerprint density at radius 2 is 2.11 bits per heavy atom. The molecule has 4 rings (SSSR count). The van der Waals surface area contributed by atoms with Crippen molar-refractivity contribution >= 4 is 17.6 Å². The van der Waals surface area contributed by atoms with Gasteiger partial charge in [-0.2, -0.15) is 8.78 Å². The van der Waals surface area contributed by atoms with E-state index < -0.39 is 30.9 Å². The molecule has 10 nitrogen and oxygen atoms in total. The molecule has 1 N–H and O–H groups in total. The van der Waals surface area contributed by atoms with E-state index in [1.54, 1.807) is 6.92 Å². The van der Waals surface area contributed by atoms with Crippen LogP contribution in [0.5, 0.6) is 5.88 Å². The van der Waals surface area contributed by atoms with Crippen LogP contribution in [0.25, 0.3) is 0 Å². The van der Waals surface area contributed by atoms with Gasteiger partial charge in [-0.05, 0) is 26.0 Å². The Morgan fingerprint density at radius 1 is 1.34 bits per heavy atom. The maximum Gasteiger partial charge on any atom is 0.340 e. The van der Waals surface area contributed by atoms with Crippen LogP contribution in [0.3, 0.4) is 0 Å². The van der Waals surface area contributed by atoms with Gasteiger partial charge < -0.3 is 19.4 Å². The fraction of sp³-hybridized carbons (Fsp3) is 0.333. The Bertz CT molecular complexity index is 1250. The van der Waals surface area contributed by atoms with Gasteiger partial charge in [-0.3, -0.25) is 9.59 Å². The SMILES string of the molecule is Cc1cc(C(C)N2Cc3c(ccnc3NC(=O)c3cnco3)C2=O)nnc1OCC(F)(F)C(F)F. The van der Waals surface area contributed by atoms with E-state index in [9.17, 15) is 27.2 Å². The summed E-state index contributed by atoms with van der Waals surface area (Å²) in [6, 6.07) is 2.37. The molecule has 0 aliphatic carbocycles. The van der Waals surface area contributed by atoms with Crippen LogP contribution < -0.4 is 10.1 Å². The molecule has 3 aromatic heterocycles. The average Bonchev–Trinajstić information content (AvgIpc) is 3.47. The number of aromatic nitrogens is 4. The zero-order valence-electron chi connectivity index (χ0n) is 18.3. The molecule has 0 saturated carbocycles. The summed E-state index contributed by atoms with van der Waals surface area (Å²) < 4.78 is 60.6. The Balaban J connectivity index is 1.50. The molecule has 0 radical (unpaired) electrons. The number of carbonyl (C=O) groups excluding carboxylic acids is 2. The van der Waals surface area contributed by atoms with Crippen molar-refractivity contribution in [2.24, 2.45) is 0 Å². The molecule has 3 aromatic rings. The summed E-state index contributed by atoms with van der Waals surface area (Å²) in [6.45, 7) is 1.71. The molecule has 1 aliphatic heterocycles. The van der Waals surface area contributed by atoms with E-state index in [-0.39, 0.29) is 35.5 Å². The van der Waals surface area contributed by atoms with Crippen molar-refractivity contribution in [3.63, 3.8) is 0 Å². The van der Waals surface area contributed by atoms with Crippen molar-refractivity contribution in [1.29, 1.82) is 0 Å². The van der Waals surface area contributed by atoms with E-state index in [4.69, 9.17) is 9.15 Å². The lowest BCUT2D eigenvalue weighted by atomic mass is 10.1. The molecule has 35 heavy (non-hydrogen) atoms. The number of hydrogen-bond acceptors (Lipinski definition) is 8. The quantitative estimate of drug-likeness (QED) is 0.473. The van der Waals surface area contributed by atoms with E-state index in [0.29, 0.717) is 16.8 Å².